The molecule has 10 N–H and O–H groups in total. The van der Waals surface area contributed by atoms with Gasteiger partial charge in [-0.15, -0.1) is 0 Å². The summed E-state index contributed by atoms with van der Waals surface area (Å²) >= 11 is 0. The highest BCUT2D eigenvalue weighted by Gasteiger charge is 2.50. The number of nitrogens with one attached hydrogen (secondary N) is 1. The average molecular weight is 783 g/mol. The Morgan fingerprint density at radius 1 is 1.00 bits per heavy atom. The number of aliphatic hydroxyl groups excluding tert-OH is 5. The number of aliphatic hydroxyl groups is 6. The molecule has 3 rings (SSSR count). The molecule has 0 aromatic carbocycles. The number of amides is 1. The van der Waals surface area contributed by atoms with Crippen LogP contribution >= 0.6 is 0 Å². The Kier molecular flexibility index (Phi) is 19.3. The van der Waals surface area contributed by atoms with E-state index >= 15 is 0 Å². The van der Waals surface area contributed by atoms with E-state index in [1.54, 1.807) is 56.4 Å². The molecule has 16 heteroatoms. The van der Waals surface area contributed by atoms with Crippen molar-refractivity contribution < 1.29 is 69.2 Å². The van der Waals surface area contributed by atoms with Gasteiger partial charge in [0.25, 0.3) is 5.91 Å². The molecule has 312 valence electrons. The van der Waals surface area contributed by atoms with Crippen LogP contribution in [-0.4, -0.2) is 127 Å². The fourth-order valence-electron chi connectivity index (χ4n) is 7.24. The molecule has 1 amide bonds. The maximum atomic E-state index is 13.0. The second-order valence-corrected chi connectivity index (χ2v) is 14.8. The van der Waals surface area contributed by atoms with E-state index < -0.39 is 110 Å². The molecule has 2 bridgehead atoms. The first kappa shape index (κ1) is 46.5. The molecule has 0 aromatic heterocycles. The first-order chi connectivity index (χ1) is 26.1. The Bertz CT molecular complexity index is 1340. The van der Waals surface area contributed by atoms with Crippen LogP contribution in [0.25, 0.3) is 0 Å². The number of hydrogen-bond acceptors (Lipinski definition) is 15. The van der Waals surface area contributed by atoms with Crippen molar-refractivity contribution in [2.45, 2.75) is 164 Å². The summed E-state index contributed by atoms with van der Waals surface area (Å²) < 4.78 is 23.6. The van der Waals surface area contributed by atoms with Gasteiger partial charge in [0.15, 0.2) is 12.1 Å². The van der Waals surface area contributed by atoms with E-state index in [2.05, 4.69) is 0 Å². The molecule has 55 heavy (non-hydrogen) atoms. The minimum atomic E-state index is -2.15. The summed E-state index contributed by atoms with van der Waals surface area (Å²) in [6.07, 6.45) is 3.07. The highest BCUT2D eigenvalue weighted by molar-refractivity contribution is 5.80. The summed E-state index contributed by atoms with van der Waals surface area (Å²) in [4.78, 5) is 38.7. The molecule has 0 aliphatic carbocycles. The molecule has 0 saturated carbocycles. The second-order valence-electron chi connectivity index (χ2n) is 14.8. The fourth-order valence-corrected chi connectivity index (χ4v) is 7.24. The molecule has 2 saturated heterocycles. The van der Waals surface area contributed by atoms with E-state index in [-0.39, 0.29) is 44.3 Å². The van der Waals surface area contributed by atoms with Crippen molar-refractivity contribution in [1.29, 1.82) is 0 Å². The first-order valence-electron chi connectivity index (χ1n) is 19.3. The monoisotopic (exact) mass is 782 g/mol. The van der Waals surface area contributed by atoms with Gasteiger partial charge >= 0.3 is 5.97 Å². The third-order valence-electron chi connectivity index (χ3n) is 10.3. The van der Waals surface area contributed by atoms with E-state index in [1.807, 2.05) is 13.0 Å². The Morgan fingerprint density at radius 3 is 2.36 bits per heavy atom. The fraction of sp³-hybridized carbons (Fsp3) is 0.718. The van der Waals surface area contributed by atoms with Gasteiger partial charge in [-0.25, -0.2) is 5.48 Å². The summed E-state index contributed by atoms with van der Waals surface area (Å²) in [5.41, 5.74) is 7.54. The molecule has 0 radical (unpaired) electrons. The maximum absolute atomic E-state index is 13.0. The number of carbonyl (C=O) groups excluding carboxylic acids is 3. The topological polar surface area (TPSA) is 268 Å². The van der Waals surface area contributed by atoms with E-state index in [1.165, 1.54) is 5.48 Å². The van der Waals surface area contributed by atoms with Gasteiger partial charge in [0.1, 0.15) is 18.0 Å². The maximum Gasteiger partial charge on any atom is 0.311 e. The van der Waals surface area contributed by atoms with Gasteiger partial charge < -0.3 is 55.3 Å². The SMILES string of the molecule is CCCC1C/C=C/C=C/C=C/C=C/[C@H](OC2O[C@H](C)[C@@H](O)[C@H](N)[C@@H]2O)CC2OC(O)(CC(O)[C@H]2C(=O)NO)C[C@@H](O)CCCC(=O)C[C@@H](O)C(CC)C(=O)O1. The van der Waals surface area contributed by atoms with Crippen LogP contribution in [0.2, 0.25) is 0 Å². The van der Waals surface area contributed by atoms with Gasteiger partial charge in [-0.3, -0.25) is 19.6 Å². The van der Waals surface area contributed by atoms with Gasteiger partial charge in [0.2, 0.25) is 0 Å². The average Bonchev–Trinajstić information content (AvgIpc) is 3.11. The van der Waals surface area contributed by atoms with Gasteiger partial charge in [-0.2, -0.15) is 0 Å². The zero-order valence-corrected chi connectivity index (χ0v) is 32.0. The van der Waals surface area contributed by atoms with Crippen LogP contribution in [0.1, 0.15) is 91.4 Å². The predicted octanol–water partition coefficient (Wildman–Crippen LogP) is 1.12. The molecule has 3 aliphatic heterocycles. The lowest BCUT2D eigenvalue weighted by molar-refractivity contribution is -0.307. The zero-order valence-electron chi connectivity index (χ0n) is 32.0. The Balaban J connectivity index is 1.92. The summed E-state index contributed by atoms with van der Waals surface area (Å²) in [5.74, 6) is -6.32. The van der Waals surface area contributed by atoms with Crippen LogP contribution in [0.3, 0.4) is 0 Å². The molecule has 3 heterocycles. The molecular weight excluding hydrogens is 720 g/mol. The lowest BCUT2D eigenvalue weighted by atomic mass is 9.82. The van der Waals surface area contributed by atoms with Crippen molar-refractivity contribution in [3.8, 4) is 0 Å². The summed E-state index contributed by atoms with van der Waals surface area (Å²) in [6, 6.07) is -1.11. The van der Waals surface area contributed by atoms with Crippen molar-refractivity contribution in [2.75, 3.05) is 0 Å². The Labute approximate surface area is 322 Å². The largest absolute Gasteiger partial charge is 0.462 e. The summed E-state index contributed by atoms with van der Waals surface area (Å²) in [6.45, 7) is 5.27. The number of hydrogen-bond donors (Lipinski definition) is 9. The van der Waals surface area contributed by atoms with Gasteiger partial charge in [-0.05, 0) is 32.6 Å². The number of cyclic esters (lactones) is 1. The molecule has 14 atom stereocenters. The normalized spacial score (nSPS) is 41.7. The highest BCUT2D eigenvalue weighted by atomic mass is 16.7. The third kappa shape index (κ3) is 14.2. The minimum absolute atomic E-state index is 0.0200. The van der Waals surface area contributed by atoms with Crippen LogP contribution in [0, 0.1) is 11.8 Å². The molecule has 0 aromatic rings. The number of esters is 1. The zero-order chi connectivity index (χ0) is 40.7. The third-order valence-corrected chi connectivity index (χ3v) is 10.3. The number of hydroxylamine groups is 1. The van der Waals surface area contributed by atoms with Crippen LogP contribution in [-0.2, 0) is 33.3 Å². The van der Waals surface area contributed by atoms with Gasteiger partial charge in [-0.1, -0.05) is 68.9 Å². The van der Waals surface area contributed by atoms with Crippen LogP contribution < -0.4 is 11.2 Å². The lowest BCUT2D eigenvalue weighted by Gasteiger charge is -2.45. The molecule has 6 unspecified atom stereocenters. The number of fused-ring (bicyclic) bond motifs is 2. The van der Waals surface area contributed by atoms with Crippen LogP contribution in [0.15, 0.2) is 48.6 Å². The standard InChI is InChI=1S/C39H62N2O14/c1-4-14-26-17-11-9-7-6-8-10-12-18-27(54-38-35(47)33(40)34(46)23(3)52-38)20-31-32(36(48)41-51)30(45)22-39(50,55-31)21-25(43)16-13-15-24(42)19-29(44)28(5-2)37(49)53-26/h6-12,18,23,25-35,38,43-47,50-51H,4-5,13-17,19-22,40H2,1-3H3,(H,41,48)/b7-6+,10-8+,11-9+,18-12+/t23-,25+,26?,27+,28?,29-,30?,31?,32-,33+,34-,35+,38?,39?/m1/s1. The van der Waals surface area contributed by atoms with Crippen molar-refractivity contribution in [2.24, 2.45) is 17.6 Å². The van der Waals surface area contributed by atoms with E-state index in [4.69, 9.17) is 24.7 Å². The summed E-state index contributed by atoms with van der Waals surface area (Å²) in [5, 5.41) is 74.9. The molecule has 0 spiro atoms. The number of Topliss-reactive ketones (excluding diaryl/α,β-unsaturated/α-hetero) is 1. The molecule has 16 nitrogen and oxygen atoms in total. The van der Waals surface area contributed by atoms with Gasteiger partial charge in [0, 0.05) is 38.5 Å². The summed E-state index contributed by atoms with van der Waals surface area (Å²) in [7, 11) is 0. The van der Waals surface area contributed by atoms with Crippen molar-refractivity contribution in [3.05, 3.63) is 48.6 Å². The van der Waals surface area contributed by atoms with Crippen molar-refractivity contribution >= 4 is 17.7 Å². The number of nitrogens with two attached hydrogens (primary N) is 1. The van der Waals surface area contributed by atoms with Gasteiger partial charge in [0.05, 0.1) is 60.6 Å². The Morgan fingerprint density at radius 2 is 1.69 bits per heavy atom. The van der Waals surface area contributed by atoms with Crippen molar-refractivity contribution in [1.82, 2.24) is 5.48 Å². The van der Waals surface area contributed by atoms with Crippen LogP contribution in [0.4, 0.5) is 0 Å². The van der Waals surface area contributed by atoms with Crippen molar-refractivity contribution in [3.63, 3.8) is 0 Å². The van der Waals surface area contributed by atoms with E-state index in [0.717, 1.165) is 6.42 Å². The molecular formula is C39H62N2O14. The molecule has 2 fully saturated rings. The quantitative estimate of drug-likeness (QED) is 0.104. The Hall–Kier alpha value is -2.87. The van der Waals surface area contributed by atoms with E-state index in [9.17, 15) is 50.2 Å². The number of ketones is 1. The lowest BCUT2D eigenvalue weighted by Crippen LogP contribution is -2.62. The van der Waals surface area contributed by atoms with E-state index in [0.29, 0.717) is 12.8 Å². The molecule has 3 aliphatic rings. The second kappa shape index (κ2) is 22.8. The number of rotatable bonds is 6. The van der Waals surface area contributed by atoms with Crippen LogP contribution in [0.5, 0.6) is 0 Å². The number of ether oxygens (including phenoxy) is 4. The first-order valence-corrected chi connectivity index (χ1v) is 19.3. The number of carbonyl (C=O) groups is 3. The minimum Gasteiger partial charge on any atom is -0.462 e. The number of allylic oxidation sites excluding steroid dienone is 6. The highest BCUT2D eigenvalue weighted by Crippen LogP contribution is 2.38. The smallest absolute Gasteiger partial charge is 0.311 e. The predicted molar refractivity (Wildman–Crippen MR) is 198 cm³/mol.